The molecule has 1 atom stereocenters. The van der Waals surface area contributed by atoms with Crippen LogP contribution in [0.5, 0.6) is 0 Å². The van der Waals surface area contributed by atoms with Crippen molar-refractivity contribution in [2.75, 3.05) is 27.2 Å². The SMILES string of the molecule is CNC(=O)C(C)CN(C)CCCC(=O)NN. The van der Waals surface area contributed by atoms with Gasteiger partial charge in [0.2, 0.25) is 11.8 Å². The number of nitrogens with zero attached hydrogens (tertiary/aromatic N) is 1. The Kier molecular flexibility index (Phi) is 7.49. The fraction of sp³-hybridized carbons (Fsp3) is 0.800. The molecular weight excluding hydrogens is 208 g/mol. The standard InChI is InChI=1S/C10H22N4O2/c1-8(10(16)12-2)7-14(3)6-4-5-9(15)13-11/h8H,4-7,11H2,1-3H3,(H,12,16)(H,13,15). The van der Waals surface area contributed by atoms with Crippen LogP contribution in [-0.2, 0) is 9.59 Å². The normalized spacial score (nSPS) is 12.3. The minimum Gasteiger partial charge on any atom is -0.359 e. The summed E-state index contributed by atoms with van der Waals surface area (Å²) in [6.07, 6.45) is 1.15. The maximum atomic E-state index is 11.3. The molecule has 0 bridgehead atoms. The van der Waals surface area contributed by atoms with Crippen LogP contribution in [0.15, 0.2) is 0 Å². The van der Waals surface area contributed by atoms with Gasteiger partial charge in [-0.05, 0) is 20.0 Å². The molecule has 6 nitrogen and oxygen atoms in total. The van der Waals surface area contributed by atoms with E-state index in [1.54, 1.807) is 7.05 Å². The van der Waals surface area contributed by atoms with Crippen LogP contribution >= 0.6 is 0 Å². The lowest BCUT2D eigenvalue weighted by molar-refractivity contribution is -0.124. The van der Waals surface area contributed by atoms with Gasteiger partial charge in [0.05, 0.1) is 0 Å². The third-order valence-electron chi connectivity index (χ3n) is 2.38. The van der Waals surface area contributed by atoms with E-state index in [4.69, 9.17) is 5.84 Å². The van der Waals surface area contributed by atoms with E-state index in [-0.39, 0.29) is 17.7 Å². The summed E-state index contributed by atoms with van der Waals surface area (Å²) in [4.78, 5) is 24.1. The quantitative estimate of drug-likeness (QED) is 0.299. The third kappa shape index (κ3) is 6.36. The number of nitrogens with one attached hydrogen (secondary N) is 2. The molecule has 0 aromatic rings. The Labute approximate surface area is 96.5 Å². The zero-order chi connectivity index (χ0) is 12.6. The molecule has 4 N–H and O–H groups in total. The van der Waals surface area contributed by atoms with Crippen LogP contribution in [-0.4, -0.2) is 43.9 Å². The number of amides is 2. The molecule has 0 rings (SSSR count). The summed E-state index contributed by atoms with van der Waals surface area (Å²) in [7, 11) is 3.56. The zero-order valence-corrected chi connectivity index (χ0v) is 10.2. The molecule has 0 aromatic carbocycles. The van der Waals surface area contributed by atoms with Crippen molar-refractivity contribution in [3.63, 3.8) is 0 Å². The fourth-order valence-corrected chi connectivity index (χ4v) is 1.47. The predicted molar refractivity (Wildman–Crippen MR) is 62.3 cm³/mol. The van der Waals surface area contributed by atoms with E-state index in [0.29, 0.717) is 13.0 Å². The second-order valence-corrected chi connectivity index (χ2v) is 3.95. The van der Waals surface area contributed by atoms with Gasteiger partial charge in [-0.2, -0.15) is 0 Å². The first-order valence-electron chi connectivity index (χ1n) is 5.40. The molecule has 94 valence electrons. The first-order valence-corrected chi connectivity index (χ1v) is 5.40. The second-order valence-electron chi connectivity index (χ2n) is 3.95. The van der Waals surface area contributed by atoms with Gasteiger partial charge in [-0.1, -0.05) is 6.92 Å². The Hall–Kier alpha value is -1.14. The number of carbonyl (C=O) groups is 2. The highest BCUT2D eigenvalue weighted by molar-refractivity contribution is 5.78. The van der Waals surface area contributed by atoms with E-state index in [0.717, 1.165) is 13.0 Å². The smallest absolute Gasteiger partial charge is 0.233 e. The zero-order valence-electron chi connectivity index (χ0n) is 10.2. The summed E-state index contributed by atoms with van der Waals surface area (Å²) < 4.78 is 0. The molecule has 0 radical (unpaired) electrons. The van der Waals surface area contributed by atoms with Crippen LogP contribution in [0.4, 0.5) is 0 Å². The highest BCUT2D eigenvalue weighted by Crippen LogP contribution is 2.00. The van der Waals surface area contributed by atoms with E-state index >= 15 is 0 Å². The maximum absolute atomic E-state index is 11.3. The highest BCUT2D eigenvalue weighted by Gasteiger charge is 2.13. The topological polar surface area (TPSA) is 87.5 Å². The van der Waals surface area contributed by atoms with Crippen LogP contribution in [0.25, 0.3) is 0 Å². The van der Waals surface area contributed by atoms with Crippen LogP contribution in [0, 0.1) is 5.92 Å². The number of rotatable bonds is 7. The summed E-state index contributed by atoms with van der Waals surface area (Å²) in [6, 6.07) is 0. The summed E-state index contributed by atoms with van der Waals surface area (Å²) >= 11 is 0. The van der Waals surface area contributed by atoms with Gasteiger partial charge in [0, 0.05) is 25.9 Å². The van der Waals surface area contributed by atoms with Crippen molar-refractivity contribution in [2.24, 2.45) is 11.8 Å². The molecule has 0 aliphatic heterocycles. The van der Waals surface area contributed by atoms with Gasteiger partial charge in [-0.25, -0.2) is 5.84 Å². The second kappa shape index (κ2) is 8.06. The highest BCUT2D eigenvalue weighted by atomic mass is 16.2. The third-order valence-corrected chi connectivity index (χ3v) is 2.38. The molecule has 2 amide bonds. The minimum absolute atomic E-state index is 0.0338. The summed E-state index contributed by atoms with van der Waals surface area (Å²) in [5, 5.41) is 2.61. The summed E-state index contributed by atoms with van der Waals surface area (Å²) in [5.74, 6) is 4.79. The van der Waals surface area contributed by atoms with E-state index in [2.05, 4.69) is 10.7 Å². The molecule has 0 spiro atoms. The Morgan fingerprint density at radius 2 is 2.06 bits per heavy atom. The largest absolute Gasteiger partial charge is 0.359 e. The number of hydrazine groups is 1. The van der Waals surface area contributed by atoms with Gasteiger partial charge in [0.1, 0.15) is 0 Å². The maximum Gasteiger partial charge on any atom is 0.233 e. The molecule has 16 heavy (non-hydrogen) atoms. The Balaban J connectivity index is 3.69. The number of hydrogen-bond acceptors (Lipinski definition) is 4. The van der Waals surface area contributed by atoms with Gasteiger partial charge in [-0.15, -0.1) is 0 Å². The molecule has 0 heterocycles. The van der Waals surface area contributed by atoms with E-state index in [9.17, 15) is 9.59 Å². The Morgan fingerprint density at radius 3 is 2.56 bits per heavy atom. The van der Waals surface area contributed by atoms with Crippen LogP contribution in [0.2, 0.25) is 0 Å². The molecule has 0 fully saturated rings. The monoisotopic (exact) mass is 230 g/mol. The Morgan fingerprint density at radius 1 is 1.44 bits per heavy atom. The van der Waals surface area contributed by atoms with E-state index in [1.165, 1.54) is 0 Å². The number of carbonyl (C=O) groups excluding carboxylic acids is 2. The Bertz CT molecular complexity index is 233. The minimum atomic E-state index is -0.159. The lowest BCUT2D eigenvalue weighted by atomic mass is 10.1. The van der Waals surface area contributed by atoms with Gasteiger partial charge in [0.25, 0.3) is 0 Å². The van der Waals surface area contributed by atoms with Crippen molar-refractivity contribution in [3.8, 4) is 0 Å². The predicted octanol–water partition coefficient (Wildman–Crippen LogP) is -0.930. The van der Waals surface area contributed by atoms with Crippen LogP contribution < -0.4 is 16.6 Å². The number of nitrogens with two attached hydrogens (primary N) is 1. The van der Waals surface area contributed by atoms with Crippen LogP contribution in [0.3, 0.4) is 0 Å². The van der Waals surface area contributed by atoms with Gasteiger partial charge < -0.3 is 10.2 Å². The van der Waals surface area contributed by atoms with Crippen molar-refractivity contribution in [1.29, 1.82) is 0 Å². The molecular formula is C10H22N4O2. The van der Waals surface area contributed by atoms with E-state index in [1.807, 2.05) is 18.9 Å². The average molecular weight is 230 g/mol. The summed E-state index contributed by atoms with van der Waals surface area (Å²) in [5.41, 5.74) is 2.09. The number of hydrogen-bond donors (Lipinski definition) is 3. The van der Waals surface area contributed by atoms with Gasteiger partial charge in [-0.3, -0.25) is 15.0 Å². The first kappa shape index (κ1) is 14.9. The molecule has 0 aromatic heterocycles. The van der Waals surface area contributed by atoms with Crippen molar-refractivity contribution in [1.82, 2.24) is 15.6 Å². The first-order chi connectivity index (χ1) is 7.51. The lowest BCUT2D eigenvalue weighted by Crippen LogP contribution is -2.35. The molecule has 0 aliphatic carbocycles. The van der Waals surface area contributed by atoms with Gasteiger partial charge >= 0.3 is 0 Å². The molecule has 0 aliphatic rings. The van der Waals surface area contributed by atoms with Crippen molar-refractivity contribution < 1.29 is 9.59 Å². The molecule has 0 saturated heterocycles. The van der Waals surface area contributed by atoms with E-state index < -0.39 is 0 Å². The van der Waals surface area contributed by atoms with Crippen molar-refractivity contribution >= 4 is 11.8 Å². The lowest BCUT2D eigenvalue weighted by Gasteiger charge is -2.20. The fourth-order valence-electron chi connectivity index (χ4n) is 1.47. The average Bonchev–Trinajstić information content (AvgIpc) is 2.27. The van der Waals surface area contributed by atoms with Crippen molar-refractivity contribution in [3.05, 3.63) is 0 Å². The summed E-state index contributed by atoms with van der Waals surface area (Å²) in [6.45, 7) is 3.33. The van der Waals surface area contributed by atoms with Gasteiger partial charge in [0.15, 0.2) is 0 Å². The van der Waals surface area contributed by atoms with Crippen LogP contribution in [0.1, 0.15) is 19.8 Å². The van der Waals surface area contributed by atoms with Crippen molar-refractivity contribution in [2.45, 2.75) is 19.8 Å². The molecule has 6 heteroatoms. The molecule has 1 unspecified atom stereocenters. The molecule has 0 saturated carbocycles.